The Hall–Kier alpha value is -1.20. The summed E-state index contributed by atoms with van der Waals surface area (Å²) in [4.78, 5) is 26.2. The maximum Gasteiger partial charge on any atom is 0.220 e. The lowest BCUT2D eigenvalue weighted by Crippen LogP contribution is -2.26. The van der Waals surface area contributed by atoms with E-state index in [-0.39, 0.29) is 24.5 Å². The zero-order valence-electron chi connectivity index (χ0n) is 14.9. The third kappa shape index (κ3) is 6.36. The molecule has 1 heterocycles. The van der Waals surface area contributed by atoms with E-state index in [9.17, 15) is 9.59 Å². The molecule has 1 N–H and O–H groups in total. The number of hydrogen-bond acceptors (Lipinski definition) is 4. The second-order valence-electron chi connectivity index (χ2n) is 6.58. The summed E-state index contributed by atoms with van der Waals surface area (Å²) in [7, 11) is 0. The van der Waals surface area contributed by atoms with Crippen LogP contribution in [0.1, 0.15) is 71.5 Å². The van der Waals surface area contributed by atoms with Crippen LogP contribution in [0.4, 0.5) is 0 Å². The zero-order valence-corrected chi connectivity index (χ0v) is 15.7. The van der Waals surface area contributed by atoms with Crippen LogP contribution < -0.4 is 5.32 Å². The van der Waals surface area contributed by atoms with Gasteiger partial charge in [-0.05, 0) is 39.2 Å². The summed E-state index contributed by atoms with van der Waals surface area (Å²) < 4.78 is 5.83. The number of amides is 1. The quantitative estimate of drug-likeness (QED) is 0.536. The van der Waals surface area contributed by atoms with Crippen molar-refractivity contribution in [3.8, 4) is 0 Å². The topological polar surface area (TPSA) is 55.4 Å². The predicted octanol–water partition coefficient (Wildman–Crippen LogP) is 4.18. The first-order valence-electron chi connectivity index (χ1n) is 9.05. The molecule has 0 bridgehead atoms. The average Bonchev–Trinajstić information content (AvgIpc) is 2.92. The number of aryl methyl sites for hydroxylation is 2. The van der Waals surface area contributed by atoms with Gasteiger partial charge in [-0.3, -0.25) is 9.59 Å². The molecule has 0 saturated heterocycles. The van der Waals surface area contributed by atoms with E-state index in [0.717, 1.165) is 21.7 Å². The van der Waals surface area contributed by atoms with Crippen LogP contribution in [-0.4, -0.2) is 30.9 Å². The average molecular weight is 352 g/mol. The van der Waals surface area contributed by atoms with Crippen molar-refractivity contribution in [2.24, 2.45) is 0 Å². The van der Waals surface area contributed by atoms with Crippen LogP contribution in [-0.2, 0) is 9.53 Å². The first kappa shape index (κ1) is 19.1. The molecule has 5 heteroatoms. The van der Waals surface area contributed by atoms with Crippen molar-refractivity contribution < 1.29 is 14.3 Å². The first-order valence-corrected chi connectivity index (χ1v) is 9.86. The summed E-state index contributed by atoms with van der Waals surface area (Å²) in [5.74, 6) is 0.0123. The van der Waals surface area contributed by atoms with Gasteiger partial charge in [-0.15, -0.1) is 11.3 Å². The Kier molecular flexibility index (Phi) is 7.92. The van der Waals surface area contributed by atoms with Crippen molar-refractivity contribution in [1.29, 1.82) is 0 Å². The Morgan fingerprint density at radius 2 is 1.96 bits per heavy atom. The van der Waals surface area contributed by atoms with Crippen molar-refractivity contribution in [3.05, 3.63) is 21.4 Å². The SMILES string of the molecule is Cc1cc(C(=O)CCC(=O)NCCCOC2CCCCC2)c(C)s1. The number of Topliss-reactive ketones (excluding diaryl/α,β-unsaturated/α-hetero) is 1. The third-order valence-corrected chi connectivity index (χ3v) is 5.44. The molecule has 0 atom stereocenters. The molecule has 1 aliphatic carbocycles. The van der Waals surface area contributed by atoms with Crippen LogP contribution in [0.5, 0.6) is 0 Å². The monoisotopic (exact) mass is 351 g/mol. The molecule has 2 rings (SSSR count). The highest BCUT2D eigenvalue weighted by Gasteiger charge is 2.14. The van der Waals surface area contributed by atoms with Crippen molar-refractivity contribution in [1.82, 2.24) is 5.32 Å². The summed E-state index contributed by atoms with van der Waals surface area (Å²) in [5.41, 5.74) is 0.770. The Morgan fingerprint density at radius 1 is 1.21 bits per heavy atom. The van der Waals surface area contributed by atoms with E-state index in [4.69, 9.17) is 4.74 Å². The van der Waals surface area contributed by atoms with Gasteiger partial charge in [0.25, 0.3) is 0 Å². The molecule has 24 heavy (non-hydrogen) atoms. The number of carbonyl (C=O) groups is 2. The van der Waals surface area contributed by atoms with E-state index in [1.165, 1.54) is 32.1 Å². The summed E-state index contributed by atoms with van der Waals surface area (Å²) in [6, 6.07) is 1.92. The molecule has 134 valence electrons. The molecular formula is C19H29NO3S. The number of ether oxygens (including phenoxy) is 1. The highest BCUT2D eigenvalue weighted by molar-refractivity contribution is 7.12. The molecule has 1 fully saturated rings. The summed E-state index contributed by atoms with van der Waals surface area (Å²) >= 11 is 1.63. The van der Waals surface area contributed by atoms with Crippen molar-refractivity contribution in [3.63, 3.8) is 0 Å². The normalized spacial score (nSPS) is 15.4. The van der Waals surface area contributed by atoms with E-state index < -0.39 is 0 Å². The fraction of sp³-hybridized carbons (Fsp3) is 0.684. The van der Waals surface area contributed by atoms with Gasteiger partial charge in [0.05, 0.1) is 6.10 Å². The fourth-order valence-corrected chi connectivity index (χ4v) is 4.08. The molecule has 0 aliphatic heterocycles. The summed E-state index contributed by atoms with van der Waals surface area (Å²) in [6.07, 6.45) is 8.03. The van der Waals surface area contributed by atoms with Gasteiger partial charge in [0.15, 0.2) is 5.78 Å². The van der Waals surface area contributed by atoms with Gasteiger partial charge in [-0.1, -0.05) is 19.3 Å². The third-order valence-electron chi connectivity index (χ3n) is 4.47. The Morgan fingerprint density at radius 3 is 2.62 bits per heavy atom. The molecule has 0 radical (unpaired) electrons. The maximum atomic E-state index is 12.1. The van der Waals surface area contributed by atoms with Gasteiger partial charge in [-0.25, -0.2) is 0 Å². The highest BCUT2D eigenvalue weighted by atomic mass is 32.1. The second kappa shape index (κ2) is 9.94. The Labute approximate surface area is 149 Å². The minimum Gasteiger partial charge on any atom is -0.378 e. The number of thiophene rings is 1. The van der Waals surface area contributed by atoms with Crippen molar-refractivity contribution >= 4 is 23.0 Å². The van der Waals surface area contributed by atoms with E-state index in [1.807, 2.05) is 19.9 Å². The van der Waals surface area contributed by atoms with Gasteiger partial charge >= 0.3 is 0 Å². The predicted molar refractivity (Wildman–Crippen MR) is 97.8 cm³/mol. The summed E-state index contributed by atoms with van der Waals surface area (Å²) in [6.45, 7) is 5.28. The van der Waals surface area contributed by atoms with Gasteiger partial charge in [0.2, 0.25) is 5.91 Å². The fourth-order valence-electron chi connectivity index (χ4n) is 3.14. The molecule has 1 aromatic rings. The zero-order chi connectivity index (χ0) is 17.4. The smallest absolute Gasteiger partial charge is 0.220 e. The van der Waals surface area contributed by atoms with Crippen LogP contribution in [0.3, 0.4) is 0 Å². The molecule has 1 amide bonds. The van der Waals surface area contributed by atoms with Crippen molar-refractivity contribution in [2.45, 2.75) is 71.3 Å². The second-order valence-corrected chi connectivity index (χ2v) is 8.04. The van der Waals surface area contributed by atoms with Gasteiger partial charge in [-0.2, -0.15) is 0 Å². The molecule has 4 nitrogen and oxygen atoms in total. The van der Waals surface area contributed by atoms with E-state index in [0.29, 0.717) is 19.3 Å². The first-order chi connectivity index (χ1) is 11.6. The van der Waals surface area contributed by atoms with Crippen LogP contribution in [0.2, 0.25) is 0 Å². The van der Waals surface area contributed by atoms with E-state index in [2.05, 4.69) is 5.32 Å². The lowest BCUT2D eigenvalue weighted by atomic mass is 9.98. The number of carbonyl (C=O) groups excluding carboxylic acids is 2. The maximum absolute atomic E-state index is 12.1. The molecule has 0 spiro atoms. The number of hydrogen-bond donors (Lipinski definition) is 1. The van der Waals surface area contributed by atoms with Crippen LogP contribution in [0.25, 0.3) is 0 Å². The molecule has 1 aliphatic rings. The molecule has 0 unspecified atom stereocenters. The van der Waals surface area contributed by atoms with Gasteiger partial charge in [0.1, 0.15) is 0 Å². The summed E-state index contributed by atoms with van der Waals surface area (Å²) in [5, 5.41) is 2.88. The minimum atomic E-state index is -0.0504. The number of rotatable bonds is 9. The number of nitrogens with one attached hydrogen (secondary N) is 1. The van der Waals surface area contributed by atoms with Gasteiger partial charge < -0.3 is 10.1 Å². The van der Waals surface area contributed by atoms with Gasteiger partial charge in [0, 0.05) is 41.3 Å². The Balaban J connectivity index is 1.54. The molecule has 1 aromatic heterocycles. The van der Waals surface area contributed by atoms with E-state index in [1.54, 1.807) is 11.3 Å². The highest BCUT2D eigenvalue weighted by Crippen LogP contribution is 2.22. The largest absolute Gasteiger partial charge is 0.378 e. The lowest BCUT2D eigenvalue weighted by molar-refractivity contribution is -0.121. The lowest BCUT2D eigenvalue weighted by Gasteiger charge is -2.21. The number of ketones is 1. The van der Waals surface area contributed by atoms with E-state index >= 15 is 0 Å². The minimum absolute atomic E-state index is 0.0504. The van der Waals surface area contributed by atoms with Crippen LogP contribution in [0, 0.1) is 13.8 Å². The standard InChI is InChI=1S/C19H29NO3S/c1-14-13-17(15(2)24-14)18(21)9-10-19(22)20-11-6-12-23-16-7-4-3-5-8-16/h13,16H,3-12H2,1-2H3,(H,20,22). The molecule has 1 saturated carbocycles. The van der Waals surface area contributed by atoms with Crippen LogP contribution in [0.15, 0.2) is 6.07 Å². The van der Waals surface area contributed by atoms with Crippen LogP contribution >= 0.6 is 11.3 Å². The molecular weight excluding hydrogens is 322 g/mol. The molecule has 0 aromatic carbocycles. The van der Waals surface area contributed by atoms with Crippen molar-refractivity contribution in [2.75, 3.05) is 13.2 Å². The Bertz CT molecular complexity index is 547.